The van der Waals surface area contributed by atoms with E-state index in [0.29, 0.717) is 6.42 Å². The monoisotopic (exact) mass is 306 g/mol. The third-order valence-electron chi connectivity index (χ3n) is 3.86. The number of halogens is 3. The van der Waals surface area contributed by atoms with E-state index in [1.807, 2.05) is 23.3 Å². The lowest BCUT2D eigenvalue weighted by Crippen LogP contribution is -2.48. The van der Waals surface area contributed by atoms with Crippen molar-refractivity contribution >= 4 is 11.3 Å². The predicted octanol–water partition coefficient (Wildman–Crippen LogP) is 3.50. The van der Waals surface area contributed by atoms with Gasteiger partial charge in [0.05, 0.1) is 5.92 Å². The molecule has 1 aliphatic heterocycles. The smallest absolute Gasteiger partial charge is 0.310 e. The zero-order chi connectivity index (χ0) is 14.6. The summed E-state index contributed by atoms with van der Waals surface area (Å²) < 4.78 is 38.3. The zero-order valence-electron chi connectivity index (χ0n) is 11.6. The molecule has 20 heavy (non-hydrogen) atoms. The number of rotatable bonds is 5. The van der Waals surface area contributed by atoms with Gasteiger partial charge in [0.1, 0.15) is 0 Å². The lowest BCUT2D eigenvalue weighted by atomic mass is 9.96. The number of nitrogens with zero attached hydrogens (tertiary/aromatic N) is 1. The van der Waals surface area contributed by atoms with Crippen LogP contribution in [0.15, 0.2) is 17.5 Å². The number of hydrogen-bond acceptors (Lipinski definition) is 3. The fourth-order valence-corrected chi connectivity index (χ4v) is 3.29. The van der Waals surface area contributed by atoms with Crippen LogP contribution in [0.25, 0.3) is 0 Å². The zero-order valence-corrected chi connectivity index (χ0v) is 12.4. The summed E-state index contributed by atoms with van der Waals surface area (Å²) in [5, 5.41) is 5.35. The summed E-state index contributed by atoms with van der Waals surface area (Å²) in [5.41, 5.74) is 0. The van der Waals surface area contributed by atoms with E-state index in [-0.39, 0.29) is 19.0 Å². The van der Waals surface area contributed by atoms with Crippen molar-refractivity contribution < 1.29 is 13.2 Å². The molecule has 2 rings (SSSR count). The van der Waals surface area contributed by atoms with Gasteiger partial charge in [-0.2, -0.15) is 13.2 Å². The summed E-state index contributed by atoms with van der Waals surface area (Å²) >= 11 is 1.69. The van der Waals surface area contributed by atoms with Crippen molar-refractivity contribution in [2.75, 3.05) is 19.6 Å². The second-order valence-corrected chi connectivity index (χ2v) is 6.47. The molecule has 2 atom stereocenters. The van der Waals surface area contributed by atoms with Crippen LogP contribution in [0.4, 0.5) is 13.2 Å². The van der Waals surface area contributed by atoms with E-state index in [1.54, 1.807) is 11.3 Å². The van der Waals surface area contributed by atoms with Crippen molar-refractivity contribution in [2.45, 2.75) is 38.5 Å². The Morgan fingerprint density at radius 2 is 2.30 bits per heavy atom. The first-order chi connectivity index (χ1) is 9.47. The van der Waals surface area contributed by atoms with Crippen molar-refractivity contribution in [3.8, 4) is 0 Å². The van der Waals surface area contributed by atoms with Crippen LogP contribution in [0.3, 0.4) is 0 Å². The highest BCUT2D eigenvalue weighted by Crippen LogP contribution is 2.33. The van der Waals surface area contributed by atoms with Gasteiger partial charge in [0.15, 0.2) is 0 Å². The molecule has 0 bridgehead atoms. The quantitative estimate of drug-likeness (QED) is 0.895. The van der Waals surface area contributed by atoms with Gasteiger partial charge in [-0.15, -0.1) is 11.3 Å². The normalized spacial score (nSPS) is 22.9. The molecule has 2 nitrogen and oxygen atoms in total. The summed E-state index contributed by atoms with van der Waals surface area (Å²) in [6.07, 6.45) is -3.14. The van der Waals surface area contributed by atoms with Crippen LogP contribution in [0, 0.1) is 5.92 Å². The Morgan fingerprint density at radius 1 is 1.50 bits per heavy atom. The second-order valence-electron chi connectivity index (χ2n) is 5.43. The van der Waals surface area contributed by atoms with Crippen LogP contribution in [0.1, 0.15) is 24.6 Å². The fraction of sp³-hybridized carbons (Fsp3) is 0.714. The molecule has 1 fully saturated rings. The predicted molar refractivity (Wildman–Crippen MR) is 75.8 cm³/mol. The van der Waals surface area contributed by atoms with E-state index in [0.717, 1.165) is 19.6 Å². The molecule has 1 N–H and O–H groups in total. The molecule has 0 saturated carbocycles. The van der Waals surface area contributed by atoms with E-state index >= 15 is 0 Å². The molecule has 0 radical (unpaired) electrons. The SMILES string of the molecule is CC(CNCc1cccs1)N1CCCC(C(F)(F)F)C1. The Hall–Kier alpha value is -0.590. The van der Waals surface area contributed by atoms with Gasteiger partial charge >= 0.3 is 6.18 Å². The number of nitrogens with one attached hydrogen (secondary N) is 1. The number of alkyl halides is 3. The Labute approximate surface area is 122 Å². The Bertz CT molecular complexity index is 392. The minimum Gasteiger partial charge on any atom is -0.310 e. The summed E-state index contributed by atoms with van der Waals surface area (Å²) in [4.78, 5) is 3.22. The minimum atomic E-state index is -4.05. The van der Waals surface area contributed by atoms with Crippen LogP contribution < -0.4 is 5.32 Å². The molecule has 1 aromatic rings. The molecule has 0 spiro atoms. The molecule has 2 heterocycles. The lowest BCUT2D eigenvalue weighted by molar-refractivity contribution is -0.188. The number of hydrogen-bond donors (Lipinski definition) is 1. The molecule has 114 valence electrons. The molecular weight excluding hydrogens is 285 g/mol. The van der Waals surface area contributed by atoms with Crippen LogP contribution in [-0.4, -0.2) is 36.8 Å². The highest BCUT2D eigenvalue weighted by atomic mass is 32.1. The molecule has 0 aromatic carbocycles. The van der Waals surface area contributed by atoms with Gasteiger partial charge in [0.2, 0.25) is 0 Å². The lowest BCUT2D eigenvalue weighted by Gasteiger charge is -2.37. The van der Waals surface area contributed by atoms with Gasteiger partial charge in [-0.25, -0.2) is 0 Å². The average Bonchev–Trinajstić information content (AvgIpc) is 2.91. The van der Waals surface area contributed by atoms with Crippen LogP contribution in [0.2, 0.25) is 0 Å². The molecule has 1 saturated heterocycles. The van der Waals surface area contributed by atoms with E-state index in [4.69, 9.17) is 0 Å². The van der Waals surface area contributed by atoms with Gasteiger partial charge < -0.3 is 5.32 Å². The largest absolute Gasteiger partial charge is 0.393 e. The first-order valence-electron chi connectivity index (χ1n) is 7.00. The average molecular weight is 306 g/mol. The molecule has 1 aromatic heterocycles. The van der Waals surface area contributed by atoms with E-state index < -0.39 is 12.1 Å². The first-order valence-corrected chi connectivity index (χ1v) is 7.88. The maximum atomic E-state index is 12.8. The van der Waals surface area contributed by atoms with Crippen molar-refractivity contribution in [3.05, 3.63) is 22.4 Å². The summed E-state index contributed by atoms with van der Waals surface area (Å²) in [6, 6.07) is 4.20. The highest BCUT2D eigenvalue weighted by Gasteiger charge is 2.42. The third-order valence-corrected chi connectivity index (χ3v) is 4.73. The van der Waals surface area contributed by atoms with E-state index in [9.17, 15) is 13.2 Å². The molecule has 1 aliphatic rings. The molecule has 2 unspecified atom stereocenters. The number of piperidine rings is 1. The maximum Gasteiger partial charge on any atom is 0.393 e. The third kappa shape index (κ3) is 4.46. The number of thiophene rings is 1. The van der Waals surface area contributed by atoms with Gasteiger partial charge in [-0.3, -0.25) is 4.90 Å². The maximum absolute atomic E-state index is 12.8. The van der Waals surface area contributed by atoms with Crippen LogP contribution in [0.5, 0.6) is 0 Å². The van der Waals surface area contributed by atoms with Crippen molar-refractivity contribution in [1.29, 1.82) is 0 Å². The van der Waals surface area contributed by atoms with Crippen molar-refractivity contribution in [1.82, 2.24) is 10.2 Å². The van der Waals surface area contributed by atoms with Gasteiger partial charge in [-0.05, 0) is 37.8 Å². The van der Waals surface area contributed by atoms with Crippen molar-refractivity contribution in [3.63, 3.8) is 0 Å². The first kappa shape index (κ1) is 15.8. The minimum absolute atomic E-state index is 0.139. The van der Waals surface area contributed by atoms with E-state index in [2.05, 4.69) is 11.4 Å². The van der Waals surface area contributed by atoms with Crippen LogP contribution >= 0.6 is 11.3 Å². The number of likely N-dealkylation sites (tertiary alicyclic amines) is 1. The van der Waals surface area contributed by atoms with Crippen molar-refractivity contribution in [2.24, 2.45) is 5.92 Å². The fourth-order valence-electron chi connectivity index (χ4n) is 2.62. The Kier molecular flexibility index (Phi) is 5.46. The summed E-state index contributed by atoms with van der Waals surface area (Å²) in [7, 11) is 0. The van der Waals surface area contributed by atoms with Crippen LogP contribution in [-0.2, 0) is 6.54 Å². The molecular formula is C14H21F3N2S. The molecule has 6 heteroatoms. The second kappa shape index (κ2) is 6.91. The highest BCUT2D eigenvalue weighted by molar-refractivity contribution is 7.09. The molecule has 0 amide bonds. The van der Waals surface area contributed by atoms with E-state index in [1.165, 1.54) is 4.88 Å². The summed E-state index contributed by atoms with van der Waals surface area (Å²) in [6.45, 7) is 4.43. The topological polar surface area (TPSA) is 15.3 Å². The Morgan fingerprint density at radius 3 is 2.95 bits per heavy atom. The van der Waals surface area contributed by atoms with Gasteiger partial charge in [0.25, 0.3) is 0 Å². The standard InChI is InChI=1S/C14H21F3N2S/c1-11(8-18-9-13-5-3-7-20-13)19-6-2-4-12(10-19)14(15,16)17/h3,5,7,11-12,18H,2,4,6,8-10H2,1H3. The summed E-state index contributed by atoms with van der Waals surface area (Å²) in [5.74, 6) is -1.16. The molecule has 0 aliphatic carbocycles. The van der Waals surface area contributed by atoms with Gasteiger partial charge in [-0.1, -0.05) is 6.07 Å². The Balaban J connectivity index is 1.75. The van der Waals surface area contributed by atoms with Gasteiger partial charge in [0, 0.05) is 30.6 Å².